The van der Waals surface area contributed by atoms with Crippen molar-refractivity contribution in [2.24, 2.45) is 0 Å². The number of ether oxygens (including phenoxy) is 1. The van der Waals surface area contributed by atoms with Gasteiger partial charge in [0.25, 0.3) is 0 Å². The Morgan fingerprint density at radius 3 is 2.55 bits per heavy atom. The summed E-state index contributed by atoms with van der Waals surface area (Å²) in [5, 5.41) is 3.13. The van der Waals surface area contributed by atoms with Gasteiger partial charge < -0.3 is 10.1 Å². The molecule has 0 aliphatic carbocycles. The van der Waals surface area contributed by atoms with Crippen molar-refractivity contribution >= 4 is 5.78 Å². The molecule has 1 aliphatic rings. The van der Waals surface area contributed by atoms with Gasteiger partial charge in [-0.05, 0) is 17.7 Å². The van der Waals surface area contributed by atoms with E-state index in [0.717, 1.165) is 18.7 Å². The van der Waals surface area contributed by atoms with Crippen molar-refractivity contribution < 1.29 is 22.7 Å². The van der Waals surface area contributed by atoms with Crippen LogP contribution in [-0.2, 0) is 22.1 Å². The summed E-state index contributed by atoms with van der Waals surface area (Å²) in [5.74, 6) is -0.0292. The first kappa shape index (κ1) is 15.0. The summed E-state index contributed by atoms with van der Waals surface area (Å²) >= 11 is 0. The van der Waals surface area contributed by atoms with Crippen molar-refractivity contribution in [2.75, 3.05) is 19.7 Å². The zero-order valence-electron chi connectivity index (χ0n) is 10.9. The zero-order chi connectivity index (χ0) is 14.6. The Bertz CT molecular complexity index is 450. The molecule has 1 unspecified atom stereocenters. The lowest BCUT2D eigenvalue weighted by molar-refractivity contribution is -0.137. The Kier molecular flexibility index (Phi) is 4.77. The van der Waals surface area contributed by atoms with Crippen LogP contribution in [-0.4, -0.2) is 31.6 Å². The van der Waals surface area contributed by atoms with Crippen LogP contribution in [0.4, 0.5) is 13.2 Å². The highest BCUT2D eigenvalue weighted by Crippen LogP contribution is 2.29. The predicted molar refractivity (Wildman–Crippen MR) is 67.4 cm³/mol. The molecular formula is C14H16F3NO2. The molecule has 110 valence electrons. The molecule has 6 heteroatoms. The summed E-state index contributed by atoms with van der Waals surface area (Å²) in [6.07, 6.45) is -4.05. The highest BCUT2D eigenvalue weighted by atomic mass is 19.4. The van der Waals surface area contributed by atoms with Crippen molar-refractivity contribution in [3.63, 3.8) is 0 Å². The van der Waals surface area contributed by atoms with Crippen molar-refractivity contribution in [1.29, 1.82) is 0 Å². The van der Waals surface area contributed by atoms with Gasteiger partial charge in [-0.3, -0.25) is 4.79 Å². The molecular weight excluding hydrogens is 271 g/mol. The summed E-state index contributed by atoms with van der Waals surface area (Å²) in [5.41, 5.74) is -0.111. The Labute approximate surface area is 115 Å². The van der Waals surface area contributed by atoms with Crippen LogP contribution in [0.5, 0.6) is 0 Å². The van der Waals surface area contributed by atoms with Gasteiger partial charge in [-0.15, -0.1) is 0 Å². The van der Waals surface area contributed by atoms with Gasteiger partial charge in [0.1, 0.15) is 5.78 Å². The highest BCUT2D eigenvalue weighted by Gasteiger charge is 2.30. The second-order valence-corrected chi connectivity index (χ2v) is 4.81. The van der Waals surface area contributed by atoms with E-state index in [1.54, 1.807) is 0 Å². The number of hydrogen-bond donors (Lipinski definition) is 1. The van der Waals surface area contributed by atoms with Crippen LogP contribution >= 0.6 is 0 Å². The van der Waals surface area contributed by atoms with Crippen LogP contribution < -0.4 is 5.32 Å². The van der Waals surface area contributed by atoms with Crippen molar-refractivity contribution in [2.45, 2.75) is 25.1 Å². The third-order valence-electron chi connectivity index (χ3n) is 3.14. The summed E-state index contributed by atoms with van der Waals surface area (Å²) in [6, 6.07) is 4.70. The lowest BCUT2D eigenvalue weighted by Gasteiger charge is -2.22. The monoisotopic (exact) mass is 287 g/mol. The average molecular weight is 287 g/mol. The molecule has 1 aromatic rings. The summed E-state index contributed by atoms with van der Waals surface area (Å²) in [6.45, 7) is 2.00. The second kappa shape index (κ2) is 6.37. The number of morpholine rings is 1. The standard InChI is InChI=1S/C14H16F3NO2/c15-14(16,17)11-3-1-10(2-4-11)7-12(19)8-13-9-18-5-6-20-13/h1-4,13,18H,5-9H2. The number of nitrogens with one attached hydrogen (secondary N) is 1. The molecule has 0 spiro atoms. The number of halogens is 3. The van der Waals surface area contributed by atoms with Crippen LogP contribution in [0.2, 0.25) is 0 Å². The van der Waals surface area contributed by atoms with E-state index in [1.807, 2.05) is 0 Å². The molecule has 1 N–H and O–H groups in total. The Morgan fingerprint density at radius 2 is 2.00 bits per heavy atom. The Morgan fingerprint density at radius 1 is 1.30 bits per heavy atom. The smallest absolute Gasteiger partial charge is 0.375 e. The molecule has 20 heavy (non-hydrogen) atoms. The van der Waals surface area contributed by atoms with E-state index in [4.69, 9.17) is 4.74 Å². The van der Waals surface area contributed by atoms with E-state index in [-0.39, 0.29) is 24.7 Å². The molecule has 0 amide bonds. The Balaban J connectivity index is 1.87. The molecule has 1 fully saturated rings. The van der Waals surface area contributed by atoms with Crippen molar-refractivity contribution in [1.82, 2.24) is 5.32 Å². The minimum absolute atomic E-state index is 0.0292. The van der Waals surface area contributed by atoms with E-state index in [9.17, 15) is 18.0 Å². The SMILES string of the molecule is O=C(Cc1ccc(C(F)(F)F)cc1)CC1CNCCO1. The number of benzene rings is 1. The molecule has 3 nitrogen and oxygen atoms in total. The molecule has 0 bridgehead atoms. The fourth-order valence-electron chi connectivity index (χ4n) is 2.12. The molecule has 0 saturated carbocycles. The quantitative estimate of drug-likeness (QED) is 0.922. The average Bonchev–Trinajstić information content (AvgIpc) is 2.39. The molecule has 1 heterocycles. The van der Waals surface area contributed by atoms with E-state index >= 15 is 0 Å². The number of Topliss-reactive ketones (excluding diaryl/α,β-unsaturated/α-hetero) is 1. The molecule has 1 aromatic carbocycles. The van der Waals surface area contributed by atoms with Crippen molar-refractivity contribution in [3.8, 4) is 0 Å². The number of rotatable bonds is 4. The van der Waals surface area contributed by atoms with Gasteiger partial charge in [0.05, 0.1) is 18.3 Å². The number of ketones is 1. The highest BCUT2D eigenvalue weighted by molar-refractivity contribution is 5.81. The molecule has 2 rings (SSSR count). The normalized spacial score (nSPS) is 19.9. The van der Waals surface area contributed by atoms with Gasteiger partial charge in [-0.25, -0.2) is 0 Å². The molecule has 1 saturated heterocycles. The fourth-order valence-corrected chi connectivity index (χ4v) is 2.12. The summed E-state index contributed by atoms with van der Waals surface area (Å²) < 4.78 is 42.6. The number of carbonyl (C=O) groups excluding carboxylic acids is 1. The largest absolute Gasteiger partial charge is 0.416 e. The van der Waals surface area contributed by atoms with Gasteiger partial charge in [0.15, 0.2) is 0 Å². The first-order chi connectivity index (χ1) is 9.45. The van der Waals surface area contributed by atoms with E-state index in [1.165, 1.54) is 12.1 Å². The van der Waals surface area contributed by atoms with Crippen LogP contribution in [0.15, 0.2) is 24.3 Å². The lowest BCUT2D eigenvalue weighted by atomic mass is 10.0. The maximum Gasteiger partial charge on any atom is 0.416 e. The van der Waals surface area contributed by atoms with Crippen LogP contribution in [0.25, 0.3) is 0 Å². The second-order valence-electron chi connectivity index (χ2n) is 4.81. The van der Waals surface area contributed by atoms with Gasteiger partial charge in [0.2, 0.25) is 0 Å². The van der Waals surface area contributed by atoms with Gasteiger partial charge in [-0.1, -0.05) is 12.1 Å². The van der Waals surface area contributed by atoms with E-state index < -0.39 is 11.7 Å². The lowest BCUT2D eigenvalue weighted by Crippen LogP contribution is -2.39. The first-order valence-corrected chi connectivity index (χ1v) is 6.45. The van der Waals surface area contributed by atoms with Crippen LogP contribution in [0.1, 0.15) is 17.5 Å². The fraction of sp³-hybridized carbons (Fsp3) is 0.500. The summed E-state index contributed by atoms with van der Waals surface area (Å²) in [7, 11) is 0. The maximum absolute atomic E-state index is 12.4. The van der Waals surface area contributed by atoms with Crippen molar-refractivity contribution in [3.05, 3.63) is 35.4 Å². The van der Waals surface area contributed by atoms with Crippen LogP contribution in [0.3, 0.4) is 0 Å². The van der Waals surface area contributed by atoms with Gasteiger partial charge in [-0.2, -0.15) is 13.2 Å². The van der Waals surface area contributed by atoms with Gasteiger partial charge in [0, 0.05) is 25.9 Å². The van der Waals surface area contributed by atoms with Gasteiger partial charge >= 0.3 is 6.18 Å². The number of alkyl halides is 3. The first-order valence-electron chi connectivity index (χ1n) is 6.45. The third kappa shape index (κ3) is 4.31. The minimum Gasteiger partial charge on any atom is -0.375 e. The van der Waals surface area contributed by atoms with Crippen LogP contribution in [0, 0.1) is 0 Å². The molecule has 1 aliphatic heterocycles. The van der Waals surface area contributed by atoms with E-state index in [0.29, 0.717) is 18.7 Å². The summed E-state index contributed by atoms with van der Waals surface area (Å²) in [4.78, 5) is 11.8. The third-order valence-corrected chi connectivity index (χ3v) is 3.14. The zero-order valence-corrected chi connectivity index (χ0v) is 10.9. The molecule has 0 aromatic heterocycles. The predicted octanol–water partition coefficient (Wildman–Crippen LogP) is 2.20. The topological polar surface area (TPSA) is 38.3 Å². The molecule has 0 radical (unpaired) electrons. The number of hydrogen-bond acceptors (Lipinski definition) is 3. The molecule has 1 atom stereocenters. The maximum atomic E-state index is 12.4. The minimum atomic E-state index is -4.34. The Hall–Kier alpha value is -1.40. The number of carbonyl (C=O) groups is 1. The van der Waals surface area contributed by atoms with E-state index in [2.05, 4.69) is 5.32 Å².